The fourth-order valence-corrected chi connectivity index (χ4v) is 1.81. The second-order valence-corrected chi connectivity index (χ2v) is 4.22. The van der Waals surface area contributed by atoms with Crippen LogP contribution in [-0.2, 0) is 14.3 Å². The molecular weight excluding hydrogens is 237 g/mol. The van der Waals surface area contributed by atoms with E-state index >= 15 is 0 Å². The van der Waals surface area contributed by atoms with Gasteiger partial charge in [-0.15, -0.1) is 0 Å². The Morgan fingerprint density at radius 3 is 2.33 bits per heavy atom. The number of carbonyl (C=O) groups excluding carboxylic acids is 2. The molecule has 1 heterocycles. The molecular formula is C13H18FNO3. The monoisotopic (exact) mass is 255 g/mol. The number of hydrogen-bond donors (Lipinski definition) is 0. The van der Waals surface area contributed by atoms with Gasteiger partial charge in [0.05, 0.1) is 7.11 Å². The van der Waals surface area contributed by atoms with Crippen LogP contribution in [0, 0.1) is 0 Å². The van der Waals surface area contributed by atoms with Crippen LogP contribution in [0.4, 0.5) is 4.39 Å². The molecule has 1 rings (SSSR count). The molecule has 1 saturated heterocycles. The number of piperidine rings is 1. The minimum Gasteiger partial charge on any atom is -0.465 e. The van der Waals surface area contributed by atoms with Crippen LogP contribution < -0.4 is 0 Å². The van der Waals surface area contributed by atoms with Crippen LogP contribution >= 0.6 is 0 Å². The van der Waals surface area contributed by atoms with Gasteiger partial charge in [0, 0.05) is 19.3 Å². The predicted molar refractivity (Wildman–Crippen MR) is 65.4 cm³/mol. The van der Waals surface area contributed by atoms with E-state index < -0.39 is 17.6 Å². The van der Waals surface area contributed by atoms with Crippen molar-refractivity contribution in [3.8, 4) is 0 Å². The lowest BCUT2D eigenvalue weighted by molar-refractivity contribution is -0.137. The number of Topliss-reactive ketones (excluding diaryl/α,β-unsaturated/α-hetero) is 1. The average Bonchev–Trinajstić information content (AvgIpc) is 2.36. The molecule has 0 spiro atoms. The highest BCUT2D eigenvalue weighted by Crippen LogP contribution is 2.13. The first-order valence-electron chi connectivity index (χ1n) is 5.97. The normalized spacial score (nSPS) is 17.6. The number of methoxy groups -OCH3 is 1. The van der Waals surface area contributed by atoms with Crippen molar-refractivity contribution in [3.05, 3.63) is 23.7 Å². The molecule has 18 heavy (non-hydrogen) atoms. The molecule has 100 valence electrons. The van der Waals surface area contributed by atoms with Crippen molar-refractivity contribution in [1.82, 2.24) is 4.90 Å². The van der Waals surface area contributed by atoms with Crippen LogP contribution in [0.25, 0.3) is 0 Å². The van der Waals surface area contributed by atoms with Crippen molar-refractivity contribution in [2.24, 2.45) is 0 Å². The van der Waals surface area contributed by atoms with Crippen LogP contribution in [0.15, 0.2) is 23.7 Å². The zero-order chi connectivity index (χ0) is 13.5. The van der Waals surface area contributed by atoms with Gasteiger partial charge >= 0.3 is 5.97 Å². The Morgan fingerprint density at radius 2 is 1.83 bits per heavy atom. The summed E-state index contributed by atoms with van der Waals surface area (Å²) in [5.74, 6) is -1.93. The molecule has 0 aromatic carbocycles. The molecule has 0 N–H and O–H groups in total. The van der Waals surface area contributed by atoms with Gasteiger partial charge in [-0.05, 0) is 32.3 Å². The number of allylic oxidation sites excluding steroid dienone is 2. The molecule has 0 atom stereocenters. The molecule has 0 aromatic heterocycles. The van der Waals surface area contributed by atoms with E-state index in [1.807, 2.05) is 4.90 Å². The molecule has 0 aliphatic carbocycles. The zero-order valence-electron chi connectivity index (χ0n) is 10.7. The molecule has 1 aliphatic heterocycles. The molecule has 1 aliphatic rings. The minimum absolute atomic E-state index is 0.275. The van der Waals surface area contributed by atoms with Gasteiger partial charge < -0.3 is 9.64 Å². The Kier molecular flexibility index (Phi) is 5.55. The predicted octanol–water partition coefficient (Wildman–Crippen LogP) is 1.97. The van der Waals surface area contributed by atoms with Crippen molar-refractivity contribution in [2.45, 2.75) is 26.2 Å². The van der Waals surface area contributed by atoms with Gasteiger partial charge in [0.1, 0.15) is 11.4 Å². The lowest BCUT2D eigenvalue weighted by Gasteiger charge is -2.24. The fraction of sp³-hybridized carbons (Fsp3) is 0.538. The highest BCUT2D eigenvalue weighted by molar-refractivity contribution is 6.16. The third-order valence-electron chi connectivity index (χ3n) is 2.76. The lowest BCUT2D eigenvalue weighted by Crippen LogP contribution is -2.24. The standard InChI is InChI=1S/C13H18FNO3/c1-10(16)12(13(17)18-2)8-11(14)9-15-6-4-3-5-7-15/h8-9H,3-7H2,1-2H3/b11-9-,12-8-. The van der Waals surface area contributed by atoms with Crippen LogP contribution in [-0.4, -0.2) is 36.9 Å². The van der Waals surface area contributed by atoms with E-state index in [9.17, 15) is 14.0 Å². The maximum Gasteiger partial charge on any atom is 0.341 e. The van der Waals surface area contributed by atoms with Crippen LogP contribution in [0.3, 0.4) is 0 Å². The number of esters is 1. The number of carbonyl (C=O) groups is 2. The molecule has 0 radical (unpaired) electrons. The smallest absolute Gasteiger partial charge is 0.341 e. The van der Waals surface area contributed by atoms with Gasteiger partial charge in [0.15, 0.2) is 5.78 Å². The topological polar surface area (TPSA) is 46.6 Å². The first-order chi connectivity index (χ1) is 8.54. The number of halogens is 1. The number of likely N-dealkylation sites (tertiary alicyclic amines) is 1. The SMILES string of the molecule is COC(=O)/C(=C\C(F)=C\N1CCCCC1)C(C)=O. The second-order valence-electron chi connectivity index (χ2n) is 4.22. The number of nitrogens with zero attached hydrogens (tertiary/aromatic N) is 1. The summed E-state index contributed by atoms with van der Waals surface area (Å²) in [6.07, 6.45) is 5.49. The average molecular weight is 255 g/mol. The van der Waals surface area contributed by atoms with Gasteiger partial charge in [0.2, 0.25) is 0 Å². The number of rotatable bonds is 4. The van der Waals surface area contributed by atoms with Gasteiger partial charge in [-0.3, -0.25) is 4.79 Å². The third-order valence-corrected chi connectivity index (χ3v) is 2.76. The summed E-state index contributed by atoms with van der Waals surface area (Å²) < 4.78 is 18.1. The maximum atomic E-state index is 13.7. The van der Waals surface area contributed by atoms with Gasteiger partial charge in [-0.1, -0.05) is 0 Å². The summed E-state index contributed by atoms with van der Waals surface area (Å²) in [6, 6.07) is 0. The van der Waals surface area contributed by atoms with E-state index in [1.165, 1.54) is 13.1 Å². The second kappa shape index (κ2) is 6.93. The fourth-order valence-electron chi connectivity index (χ4n) is 1.81. The zero-order valence-corrected chi connectivity index (χ0v) is 10.7. The first kappa shape index (κ1) is 14.4. The Bertz CT molecular complexity index is 382. The molecule has 0 amide bonds. The minimum atomic E-state index is -0.815. The number of ketones is 1. The van der Waals surface area contributed by atoms with Gasteiger partial charge in [-0.25, -0.2) is 9.18 Å². The molecule has 0 aromatic rings. The van der Waals surface area contributed by atoms with Crippen molar-refractivity contribution in [3.63, 3.8) is 0 Å². The van der Waals surface area contributed by atoms with E-state index in [0.717, 1.165) is 45.5 Å². The first-order valence-corrected chi connectivity index (χ1v) is 5.97. The summed E-state index contributed by atoms with van der Waals surface area (Å²) in [4.78, 5) is 24.3. The molecule has 5 heteroatoms. The largest absolute Gasteiger partial charge is 0.465 e. The highest BCUT2D eigenvalue weighted by Gasteiger charge is 2.16. The summed E-state index contributed by atoms with van der Waals surface area (Å²) in [6.45, 7) is 2.81. The van der Waals surface area contributed by atoms with Crippen LogP contribution in [0.2, 0.25) is 0 Å². The molecule has 0 saturated carbocycles. The Labute approximate surface area is 106 Å². The quantitative estimate of drug-likeness (QED) is 0.253. The molecule has 4 nitrogen and oxygen atoms in total. The van der Waals surface area contributed by atoms with Crippen LogP contribution in [0.5, 0.6) is 0 Å². The van der Waals surface area contributed by atoms with Crippen molar-refractivity contribution in [1.29, 1.82) is 0 Å². The highest BCUT2D eigenvalue weighted by atomic mass is 19.1. The van der Waals surface area contributed by atoms with Crippen LogP contribution in [0.1, 0.15) is 26.2 Å². The van der Waals surface area contributed by atoms with Crippen molar-refractivity contribution < 1.29 is 18.7 Å². The van der Waals surface area contributed by atoms with Crippen molar-refractivity contribution in [2.75, 3.05) is 20.2 Å². The lowest BCUT2D eigenvalue weighted by atomic mass is 10.1. The van der Waals surface area contributed by atoms with E-state index in [1.54, 1.807) is 0 Å². The van der Waals surface area contributed by atoms with Gasteiger partial charge in [0.25, 0.3) is 0 Å². The summed E-state index contributed by atoms with van der Waals surface area (Å²) >= 11 is 0. The molecule has 0 bridgehead atoms. The van der Waals surface area contributed by atoms with E-state index in [0.29, 0.717) is 0 Å². The van der Waals surface area contributed by atoms with E-state index in [2.05, 4.69) is 4.74 Å². The molecule has 1 fully saturated rings. The summed E-state index contributed by atoms with van der Waals surface area (Å²) in [5, 5.41) is 0. The van der Waals surface area contributed by atoms with Gasteiger partial charge in [-0.2, -0.15) is 0 Å². The summed E-state index contributed by atoms with van der Waals surface area (Å²) in [5.41, 5.74) is -0.275. The van der Waals surface area contributed by atoms with E-state index in [4.69, 9.17) is 0 Å². The number of ether oxygens (including phenoxy) is 1. The third kappa shape index (κ3) is 4.31. The maximum absolute atomic E-state index is 13.7. The number of hydrogen-bond acceptors (Lipinski definition) is 4. The van der Waals surface area contributed by atoms with E-state index in [-0.39, 0.29) is 5.57 Å². The van der Waals surface area contributed by atoms with Crippen molar-refractivity contribution >= 4 is 11.8 Å². The molecule has 0 unspecified atom stereocenters. The Morgan fingerprint density at radius 1 is 1.22 bits per heavy atom. The Hall–Kier alpha value is -1.65. The summed E-state index contributed by atoms with van der Waals surface area (Å²) in [7, 11) is 1.16. The Balaban J connectivity index is 2.79.